The number of aryl methyl sites for hydroxylation is 1. The van der Waals surface area contributed by atoms with Gasteiger partial charge in [-0.05, 0) is 28.9 Å². The van der Waals surface area contributed by atoms with Crippen LogP contribution in [0.1, 0.15) is 18.5 Å². The number of benzene rings is 1. The number of methoxy groups -OCH3 is 2. The van der Waals surface area contributed by atoms with E-state index in [1.807, 2.05) is 0 Å². The average molecular weight is 386 g/mol. The Labute approximate surface area is 141 Å². The molecule has 1 aromatic heterocycles. The number of hydrogen-bond acceptors (Lipinski definition) is 5. The Morgan fingerprint density at radius 2 is 1.91 bits per heavy atom. The zero-order chi connectivity index (χ0) is 17.1. The molecule has 23 heavy (non-hydrogen) atoms. The van der Waals surface area contributed by atoms with Crippen LogP contribution in [-0.2, 0) is 7.05 Å². The SMILES string of the molecule is COc1cc(F)c(C(C)Nc2cnn(C)c(=O)c2Br)cc1OC. The highest BCUT2D eigenvalue weighted by Crippen LogP contribution is 2.33. The first kappa shape index (κ1) is 17.3. The van der Waals surface area contributed by atoms with Gasteiger partial charge in [0.2, 0.25) is 0 Å². The average Bonchev–Trinajstić information content (AvgIpc) is 2.54. The van der Waals surface area contributed by atoms with Gasteiger partial charge in [0.25, 0.3) is 5.56 Å². The van der Waals surface area contributed by atoms with E-state index < -0.39 is 11.9 Å². The second-order valence-corrected chi connectivity index (χ2v) is 5.69. The molecule has 0 fully saturated rings. The number of rotatable bonds is 5. The lowest BCUT2D eigenvalue weighted by Gasteiger charge is -2.19. The van der Waals surface area contributed by atoms with Crippen molar-refractivity contribution in [1.29, 1.82) is 0 Å². The normalized spacial score (nSPS) is 11.9. The van der Waals surface area contributed by atoms with Gasteiger partial charge in [-0.3, -0.25) is 4.79 Å². The fraction of sp³-hybridized carbons (Fsp3) is 0.333. The van der Waals surface area contributed by atoms with Crippen LogP contribution < -0.4 is 20.3 Å². The summed E-state index contributed by atoms with van der Waals surface area (Å²) in [6, 6.07) is 2.41. The molecule has 1 heterocycles. The van der Waals surface area contributed by atoms with E-state index in [2.05, 4.69) is 26.3 Å². The smallest absolute Gasteiger partial charge is 0.282 e. The number of nitrogens with zero attached hydrogens (tertiary/aromatic N) is 2. The van der Waals surface area contributed by atoms with Gasteiger partial charge in [0.05, 0.1) is 32.1 Å². The molecular weight excluding hydrogens is 369 g/mol. The minimum Gasteiger partial charge on any atom is -0.493 e. The molecule has 0 amide bonds. The minimum absolute atomic E-state index is 0.282. The predicted octanol–water partition coefficient (Wildman–Crippen LogP) is 2.87. The molecule has 8 heteroatoms. The molecule has 0 aliphatic carbocycles. The van der Waals surface area contributed by atoms with Gasteiger partial charge in [-0.2, -0.15) is 5.10 Å². The third-order valence-electron chi connectivity index (χ3n) is 3.42. The van der Waals surface area contributed by atoms with Crippen molar-refractivity contribution in [2.45, 2.75) is 13.0 Å². The molecule has 2 rings (SSSR count). The standard InChI is InChI=1S/C15H17BrFN3O3/c1-8(19-11-7-18-20(2)15(21)14(11)16)9-5-12(22-3)13(23-4)6-10(9)17/h5-8,19H,1-4H3. The molecule has 124 valence electrons. The van der Waals surface area contributed by atoms with Gasteiger partial charge in [-0.15, -0.1) is 0 Å². The second-order valence-electron chi connectivity index (χ2n) is 4.90. The highest BCUT2D eigenvalue weighted by molar-refractivity contribution is 9.10. The van der Waals surface area contributed by atoms with Crippen molar-refractivity contribution in [3.8, 4) is 11.5 Å². The van der Waals surface area contributed by atoms with Gasteiger partial charge < -0.3 is 14.8 Å². The molecule has 1 unspecified atom stereocenters. The molecule has 0 saturated carbocycles. The maximum atomic E-state index is 14.3. The molecule has 2 aromatic rings. The molecule has 1 N–H and O–H groups in total. The summed E-state index contributed by atoms with van der Waals surface area (Å²) in [7, 11) is 4.48. The molecule has 0 radical (unpaired) electrons. The summed E-state index contributed by atoms with van der Waals surface area (Å²) in [5.74, 6) is 0.312. The van der Waals surface area contributed by atoms with Gasteiger partial charge in [0, 0.05) is 18.7 Å². The number of anilines is 1. The molecule has 1 atom stereocenters. The van der Waals surface area contributed by atoms with Crippen molar-refractivity contribution in [3.63, 3.8) is 0 Å². The van der Waals surface area contributed by atoms with Crippen LogP contribution in [0.3, 0.4) is 0 Å². The van der Waals surface area contributed by atoms with Crippen LogP contribution in [0.15, 0.2) is 27.6 Å². The number of ether oxygens (including phenoxy) is 2. The van der Waals surface area contributed by atoms with E-state index in [0.717, 1.165) is 0 Å². The zero-order valence-corrected chi connectivity index (χ0v) is 14.8. The van der Waals surface area contributed by atoms with Gasteiger partial charge >= 0.3 is 0 Å². The van der Waals surface area contributed by atoms with E-state index in [-0.39, 0.29) is 5.56 Å². The zero-order valence-electron chi connectivity index (χ0n) is 13.2. The van der Waals surface area contributed by atoms with Crippen molar-refractivity contribution < 1.29 is 13.9 Å². The van der Waals surface area contributed by atoms with Crippen molar-refractivity contribution in [1.82, 2.24) is 9.78 Å². The van der Waals surface area contributed by atoms with Crippen LogP contribution in [-0.4, -0.2) is 24.0 Å². The Hall–Kier alpha value is -2.09. The Balaban J connectivity index is 2.36. The third-order valence-corrected chi connectivity index (χ3v) is 4.19. The number of aromatic nitrogens is 2. The van der Waals surface area contributed by atoms with Crippen LogP contribution in [0.5, 0.6) is 11.5 Å². The lowest BCUT2D eigenvalue weighted by molar-refractivity contribution is 0.351. The summed E-state index contributed by atoms with van der Waals surface area (Å²) in [5, 5.41) is 7.01. The van der Waals surface area contributed by atoms with Gasteiger partial charge in [-0.25, -0.2) is 9.07 Å². The van der Waals surface area contributed by atoms with Crippen LogP contribution in [0.2, 0.25) is 0 Å². The molecule has 0 spiro atoms. The van der Waals surface area contributed by atoms with Crippen LogP contribution in [0, 0.1) is 5.82 Å². The van der Waals surface area contributed by atoms with Crippen molar-refractivity contribution >= 4 is 21.6 Å². The first-order valence-electron chi connectivity index (χ1n) is 6.78. The highest BCUT2D eigenvalue weighted by Gasteiger charge is 2.18. The van der Waals surface area contributed by atoms with E-state index in [1.54, 1.807) is 20.0 Å². The minimum atomic E-state index is -0.435. The number of nitrogens with one attached hydrogen (secondary N) is 1. The lowest BCUT2D eigenvalue weighted by atomic mass is 10.1. The van der Waals surface area contributed by atoms with E-state index in [1.165, 1.54) is 31.2 Å². The highest BCUT2D eigenvalue weighted by atomic mass is 79.9. The Morgan fingerprint density at radius 3 is 2.52 bits per heavy atom. The fourth-order valence-electron chi connectivity index (χ4n) is 2.12. The quantitative estimate of drug-likeness (QED) is 0.856. The summed E-state index contributed by atoms with van der Waals surface area (Å²) in [6.07, 6.45) is 1.50. The van der Waals surface area contributed by atoms with Gasteiger partial charge in [0.15, 0.2) is 11.5 Å². The summed E-state index contributed by atoms with van der Waals surface area (Å²) < 4.78 is 26.1. The lowest BCUT2D eigenvalue weighted by Crippen LogP contribution is -2.22. The first-order chi connectivity index (χ1) is 10.9. The van der Waals surface area contributed by atoms with E-state index >= 15 is 0 Å². The predicted molar refractivity (Wildman–Crippen MR) is 88.7 cm³/mol. The summed E-state index contributed by atoms with van der Waals surface area (Å²) >= 11 is 3.23. The van der Waals surface area contributed by atoms with Gasteiger partial charge in [-0.1, -0.05) is 0 Å². The molecule has 1 aromatic carbocycles. The van der Waals surface area contributed by atoms with Gasteiger partial charge in [0.1, 0.15) is 10.3 Å². The third kappa shape index (κ3) is 3.47. The summed E-state index contributed by atoms with van der Waals surface area (Å²) in [5.41, 5.74) is 0.583. The molecule has 0 aliphatic rings. The number of hydrogen-bond donors (Lipinski definition) is 1. The van der Waals surface area contributed by atoms with Crippen LogP contribution in [0.25, 0.3) is 0 Å². The maximum Gasteiger partial charge on any atom is 0.282 e. The van der Waals surface area contributed by atoms with Crippen LogP contribution >= 0.6 is 15.9 Å². The Bertz CT molecular complexity index is 779. The molecular formula is C15H17BrFN3O3. The fourth-order valence-corrected chi connectivity index (χ4v) is 2.60. The summed E-state index contributed by atoms with van der Waals surface area (Å²) in [6.45, 7) is 1.77. The molecule has 6 nitrogen and oxygen atoms in total. The van der Waals surface area contributed by atoms with Crippen LogP contribution in [0.4, 0.5) is 10.1 Å². The van der Waals surface area contributed by atoms with E-state index in [4.69, 9.17) is 9.47 Å². The van der Waals surface area contributed by atoms with E-state index in [9.17, 15) is 9.18 Å². The Morgan fingerprint density at radius 1 is 1.30 bits per heavy atom. The largest absolute Gasteiger partial charge is 0.493 e. The molecule has 0 saturated heterocycles. The monoisotopic (exact) mass is 385 g/mol. The topological polar surface area (TPSA) is 65.4 Å². The summed E-state index contributed by atoms with van der Waals surface area (Å²) in [4.78, 5) is 11.9. The van der Waals surface area contributed by atoms with Crippen molar-refractivity contribution in [2.24, 2.45) is 7.05 Å². The second kappa shape index (κ2) is 6.99. The van der Waals surface area contributed by atoms with Crippen molar-refractivity contribution in [3.05, 3.63) is 44.5 Å². The number of halogens is 2. The van der Waals surface area contributed by atoms with Crippen molar-refractivity contribution in [2.75, 3.05) is 19.5 Å². The molecule has 0 bridgehead atoms. The first-order valence-corrected chi connectivity index (χ1v) is 7.58. The Kier molecular flexibility index (Phi) is 5.25. The molecule has 0 aliphatic heterocycles. The van der Waals surface area contributed by atoms with E-state index in [0.29, 0.717) is 27.2 Å². The maximum absolute atomic E-state index is 14.3.